The smallest absolute Gasteiger partial charge is 0.146 e. The van der Waals surface area contributed by atoms with Gasteiger partial charge in [0.15, 0.2) is 0 Å². The molecule has 2 aromatic rings. The van der Waals surface area contributed by atoms with E-state index in [9.17, 15) is 0 Å². The van der Waals surface area contributed by atoms with Gasteiger partial charge in [0.1, 0.15) is 11.9 Å². The molecular weight excluding hydrogens is 246 g/mol. The fourth-order valence-corrected chi connectivity index (χ4v) is 2.91. The number of benzene rings is 2. The van der Waals surface area contributed by atoms with Crippen LogP contribution in [-0.2, 0) is 0 Å². The van der Waals surface area contributed by atoms with Crippen molar-refractivity contribution in [2.75, 3.05) is 11.9 Å². The molecule has 0 aliphatic carbocycles. The van der Waals surface area contributed by atoms with Crippen molar-refractivity contribution in [2.45, 2.75) is 33.8 Å². The summed E-state index contributed by atoms with van der Waals surface area (Å²) in [6, 6.07) is 10.9. The van der Waals surface area contributed by atoms with Gasteiger partial charge < -0.3 is 10.1 Å². The van der Waals surface area contributed by atoms with Crippen LogP contribution in [0.1, 0.15) is 33.9 Å². The van der Waals surface area contributed by atoms with E-state index >= 15 is 0 Å². The lowest BCUT2D eigenvalue weighted by Gasteiger charge is -2.30. The van der Waals surface area contributed by atoms with Crippen LogP contribution < -0.4 is 10.1 Å². The van der Waals surface area contributed by atoms with Crippen LogP contribution in [0.15, 0.2) is 30.3 Å². The molecule has 0 saturated heterocycles. The molecule has 1 heterocycles. The fourth-order valence-electron chi connectivity index (χ4n) is 2.91. The van der Waals surface area contributed by atoms with Crippen LogP contribution in [0.25, 0.3) is 0 Å². The first kappa shape index (κ1) is 13.0. The average Bonchev–Trinajstić information content (AvgIpc) is 2.41. The number of ether oxygens (including phenoxy) is 1. The molecule has 1 N–H and O–H groups in total. The van der Waals surface area contributed by atoms with E-state index in [1.54, 1.807) is 0 Å². The third-order valence-corrected chi connectivity index (χ3v) is 3.94. The minimum atomic E-state index is 0.0869. The Hall–Kier alpha value is -1.96. The third-order valence-electron chi connectivity index (χ3n) is 3.94. The van der Waals surface area contributed by atoms with Crippen LogP contribution in [0.3, 0.4) is 0 Å². The molecule has 0 radical (unpaired) electrons. The van der Waals surface area contributed by atoms with Gasteiger partial charge in [-0.05, 0) is 56.0 Å². The Morgan fingerprint density at radius 2 is 1.75 bits per heavy atom. The van der Waals surface area contributed by atoms with Crippen molar-refractivity contribution in [1.82, 2.24) is 0 Å². The summed E-state index contributed by atoms with van der Waals surface area (Å²) in [4.78, 5) is 0. The molecule has 2 aromatic carbocycles. The fraction of sp³-hybridized carbons (Fsp3) is 0.333. The maximum Gasteiger partial charge on any atom is 0.146 e. The van der Waals surface area contributed by atoms with Gasteiger partial charge in [-0.1, -0.05) is 29.8 Å². The molecule has 1 atom stereocenters. The van der Waals surface area contributed by atoms with Crippen molar-refractivity contribution in [3.8, 4) is 5.75 Å². The normalized spacial score (nSPS) is 17.1. The molecular formula is C18H21NO. The van der Waals surface area contributed by atoms with E-state index in [4.69, 9.17) is 4.74 Å². The second kappa shape index (κ2) is 4.86. The van der Waals surface area contributed by atoms with E-state index in [2.05, 4.69) is 63.3 Å². The van der Waals surface area contributed by atoms with Crippen LogP contribution in [0, 0.1) is 27.7 Å². The first-order valence-electron chi connectivity index (χ1n) is 7.13. The lowest BCUT2D eigenvalue weighted by Crippen LogP contribution is -2.25. The summed E-state index contributed by atoms with van der Waals surface area (Å²) in [6.45, 7) is 9.32. The number of rotatable bonds is 1. The largest absolute Gasteiger partial charge is 0.481 e. The molecule has 1 aliphatic rings. The molecule has 3 rings (SSSR count). The zero-order valence-corrected chi connectivity index (χ0v) is 12.6. The van der Waals surface area contributed by atoms with Crippen LogP contribution >= 0.6 is 0 Å². The second-order valence-corrected chi connectivity index (χ2v) is 5.81. The van der Waals surface area contributed by atoms with Crippen molar-refractivity contribution in [3.05, 3.63) is 58.1 Å². The number of hydrogen-bond donors (Lipinski definition) is 1. The topological polar surface area (TPSA) is 21.3 Å². The highest BCUT2D eigenvalue weighted by molar-refractivity contribution is 5.63. The minimum Gasteiger partial charge on any atom is -0.481 e. The molecule has 1 aliphatic heterocycles. The number of anilines is 1. The molecule has 2 heteroatoms. The Labute approximate surface area is 120 Å². The van der Waals surface area contributed by atoms with Gasteiger partial charge in [-0.15, -0.1) is 0 Å². The van der Waals surface area contributed by atoms with E-state index in [-0.39, 0.29) is 6.10 Å². The van der Waals surface area contributed by atoms with E-state index < -0.39 is 0 Å². The zero-order chi connectivity index (χ0) is 14.3. The van der Waals surface area contributed by atoms with Crippen LogP contribution in [0.4, 0.5) is 5.69 Å². The quantitative estimate of drug-likeness (QED) is 0.823. The maximum atomic E-state index is 6.28. The van der Waals surface area contributed by atoms with Crippen LogP contribution in [-0.4, -0.2) is 6.54 Å². The molecule has 0 spiro atoms. The van der Waals surface area contributed by atoms with E-state index in [1.165, 1.54) is 27.8 Å². The zero-order valence-electron chi connectivity index (χ0n) is 12.6. The first-order chi connectivity index (χ1) is 9.54. The molecule has 20 heavy (non-hydrogen) atoms. The van der Waals surface area contributed by atoms with Gasteiger partial charge in [0, 0.05) is 0 Å². The summed E-state index contributed by atoms with van der Waals surface area (Å²) in [6.07, 6.45) is 0.0869. The SMILES string of the molecule is Cc1cc(C)c2c(c1)NCC(c1cc(C)ccc1C)O2. The molecule has 104 valence electrons. The lowest BCUT2D eigenvalue weighted by molar-refractivity contribution is 0.208. The Bertz CT molecular complexity index is 661. The highest BCUT2D eigenvalue weighted by Gasteiger charge is 2.23. The number of aryl methyl sites for hydroxylation is 4. The molecule has 0 bridgehead atoms. The predicted molar refractivity (Wildman–Crippen MR) is 83.7 cm³/mol. The summed E-state index contributed by atoms with van der Waals surface area (Å²) < 4.78 is 6.28. The Morgan fingerprint density at radius 3 is 2.55 bits per heavy atom. The number of fused-ring (bicyclic) bond motifs is 1. The summed E-state index contributed by atoms with van der Waals surface area (Å²) in [5.41, 5.74) is 7.42. The highest BCUT2D eigenvalue weighted by Crippen LogP contribution is 2.38. The highest BCUT2D eigenvalue weighted by atomic mass is 16.5. The number of hydrogen-bond acceptors (Lipinski definition) is 2. The molecule has 0 aromatic heterocycles. The first-order valence-corrected chi connectivity index (χ1v) is 7.13. The van der Waals surface area contributed by atoms with Crippen molar-refractivity contribution < 1.29 is 4.74 Å². The molecule has 0 fully saturated rings. The minimum absolute atomic E-state index is 0.0869. The van der Waals surface area contributed by atoms with Gasteiger partial charge in [0.2, 0.25) is 0 Å². The Morgan fingerprint density at radius 1 is 0.950 bits per heavy atom. The van der Waals surface area contributed by atoms with Crippen molar-refractivity contribution in [1.29, 1.82) is 0 Å². The van der Waals surface area contributed by atoms with E-state index in [0.717, 1.165) is 18.0 Å². The van der Waals surface area contributed by atoms with Crippen molar-refractivity contribution >= 4 is 5.69 Å². The van der Waals surface area contributed by atoms with Gasteiger partial charge >= 0.3 is 0 Å². The van der Waals surface area contributed by atoms with Gasteiger partial charge in [0.25, 0.3) is 0 Å². The molecule has 2 nitrogen and oxygen atoms in total. The van der Waals surface area contributed by atoms with Gasteiger partial charge in [-0.25, -0.2) is 0 Å². The lowest BCUT2D eigenvalue weighted by atomic mass is 9.99. The Balaban J connectivity index is 1.98. The second-order valence-electron chi connectivity index (χ2n) is 5.81. The summed E-state index contributed by atoms with van der Waals surface area (Å²) in [7, 11) is 0. The van der Waals surface area contributed by atoms with E-state index in [1.807, 2.05) is 0 Å². The van der Waals surface area contributed by atoms with Crippen LogP contribution in [0.2, 0.25) is 0 Å². The van der Waals surface area contributed by atoms with Gasteiger partial charge in [-0.2, -0.15) is 0 Å². The summed E-state index contributed by atoms with van der Waals surface area (Å²) >= 11 is 0. The maximum absolute atomic E-state index is 6.28. The van der Waals surface area contributed by atoms with Crippen molar-refractivity contribution in [3.63, 3.8) is 0 Å². The van der Waals surface area contributed by atoms with Crippen molar-refractivity contribution in [2.24, 2.45) is 0 Å². The predicted octanol–water partition coefficient (Wildman–Crippen LogP) is 4.47. The van der Waals surface area contributed by atoms with Gasteiger partial charge in [-0.3, -0.25) is 0 Å². The monoisotopic (exact) mass is 267 g/mol. The molecule has 1 unspecified atom stereocenters. The van der Waals surface area contributed by atoms with E-state index in [0.29, 0.717) is 0 Å². The van der Waals surface area contributed by atoms with Crippen LogP contribution in [0.5, 0.6) is 5.75 Å². The molecule has 0 saturated carbocycles. The average molecular weight is 267 g/mol. The number of nitrogens with one attached hydrogen (secondary N) is 1. The summed E-state index contributed by atoms with van der Waals surface area (Å²) in [5.74, 6) is 0.993. The summed E-state index contributed by atoms with van der Waals surface area (Å²) in [5, 5.41) is 3.51. The van der Waals surface area contributed by atoms with Gasteiger partial charge in [0.05, 0.1) is 12.2 Å². The Kier molecular flexibility index (Phi) is 3.17. The third kappa shape index (κ3) is 2.26. The molecule has 0 amide bonds. The standard InChI is InChI=1S/C18H21NO/c1-11-5-6-13(3)15(8-11)17-10-19-16-9-12(2)7-14(4)18(16)20-17/h5-9,17,19H,10H2,1-4H3.